The fourth-order valence-corrected chi connectivity index (χ4v) is 3.48. The molecule has 2 saturated heterocycles. The van der Waals surface area contributed by atoms with E-state index in [9.17, 15) is 19.2 Å². The third kappa shape index (κ3) is 5.04. The molecule has 1 atom stereocenters. The summed E-state index contributed by atoms with van der Waals surface area (Å²) in [6.45, 7) is 4.43. The summed E-state index contributed by atoms with van der Waals surface area (Å²) < 4.78 is 0. The largest absolute Gasteiger partial charge is 0.348 e. The second-order valence-electron chi connectivity index (χ2n) is 7.04. The van der Waals surface area contributed by atoms with Gasteiger partial charge < -0.3 is 10.2 Å². The third-order valence-corrected chi connectivity index (χ3v) is 5.32. The number of hydrogen-bond donors (Lipinski definition) is 2. The minimum Gasteiger partial charge on any atom is -0.348 e. The summed E-state index contributed by atoms with van der Waals surface area (Å²) in [7, 11) is 0. The first-order chi connectivity index (χ1) is 14.4. The molecule has 0 spiro atoms. The number of allylic oxidation sites excluding steroid dienone is 2. The first kappa shape index (κ1) is 21.5. The third-order valence-electron chi connectivity index (χ3n) is 5.06. The van der Waals surface area contributed by atoms with Crippen molar-refractivity contribution in [2.75, 3.05) is 13.1 Å². The molecule has 0 aliphatic carbocycles. The molecule has 4 amide bonds. The highest BCUT2D eigenvalue weighted by atomic mass is 35.5. The van der Waals surface area contributed by atoms with E-state index in [1.807, 2.05) is 0 Å². The smallest absolute Gasteiger partial charge is 0.251 e. The number of amides is 4. The number of nitrogens with zero attached hydrogens (tertiary/aromatic N) is 1. The highest BCUT2D eigenvalue weighted by Crippen LogP contribution is 2.23. The maximum Gasteiger partial charge on any atom is 0.251 e. The molecule has 0 saturated carbocycles. The predicted molar refractivity (Wildman–Crippen MR) is 113 cm³/mol. The zero-order valence-corrected chi connectivity index (χ0v) is 17.1. The average Bonchev–Trinajstić information content (AvgIpc) is 3.09. The molecule has 30 heavy (non-hydrogen) atoms. The van der Waals surface area contributed by atoms with Crippen LogP contribution in [0.15, 0.2) is 60.2 Å². The average molecular weight is 428 g/mol. The summed E-state index contributed by atoms with van der Waals surface area (Å²) in [5.41, 5.74) is 1.80. The zero-order valence-electron chi connectivity index (χ0n) is 16.3. The Balaban J connectivity index is 1.61. The van der Waals surface area contributed by atoms with Crippen molar-refractivity contribution in [3.05, 3.63) is 70.8 Å². The highest BCUT2D eigenvalue weighted by molar-refractivity contribution is 6.30. The van der Waals surface area contributed by atoms with E-state index in [4.69, 9.17) is 11.6 Å². The Hall–Kier alpha value is -3.19. The summed E-state index contributed by atoms with van der Waals surface area (Å²) in [6.07, 6.45) is 6.11. The van der Waals surface area contributed by atoms with E-state index < -0.39 is 11.9 Å². The van der Waals surface area contributed by atoms with Crippen LogP contribution >= 0.6 is 11.6 Å². The number of likely N-dealkylation sites (tertiary alicyclic amines) is 1. The van der Waals surface area contributed by atoms with Gasteiger partial charge in [0.1, 0.15) is 6.04 Å². The highest BCUT2D eigenvalue weighted by Gasteiger charge is 2.38. The van der Waals surface area contributed by atoms with E-state index in [-0.39, 0.29) is 30.7 Å². The van der Waals surface area contributed by atoms with Crippen molar-refractivity contribution in [3.8, 4) is 0 Å². The molecular weight excluding hydrogens is 406 g/mol. The van der Waals surface area contributed by atoms with Crippen LogP contribution in [0.25, 0.3) is 0 Å². The molecule has 1 unspecified atom stereocenters. The summed E-state index contributed by atoms with van der Waals surface area (Å²) in [5, 5.41) is 5.63. The van der Waals surface area contributed by atoms with Crippen molar-refractivity contribution in [1.82, 2.24) is 15.5 Å². The molecule has 2 heterocycles. The Morgan fingerprint density at radius 2 is 1.97 bits per heavy atom. The fourth-order valence-electron chi connectivity index (χ4n) is 3.36. The van der Waals surface area contributed by atoms with Crippen LogP contribution in [0.2, 0.25) is 5.02 Å². The summed E-state index contributed by atoms with van der Waals surface area (Å²) >= 11 is 5.83. The maximum atomic E-state index is 12.7. The van der Waals surface area contributed by atoms with Gasteiger partial charge in [-0.1, -0.05) is 36.4 Å². The molecule has 0 radical (unpaired) electrons. The molecule has 3 rings (SSSR count). The van der Waals surface area contributed by atoms with Gasteiger partial charge >= 0.3 is 0 Å². The molecule has 7 nitrogen and oxygen atoms in total. The van der Waals surface area contributed by atoms with Crippen LogP contribution in [0.5, 0.6) is 0 Å². The van der Waals surface area contributed by atoms with Gasteiger partial charge in [-0.3, -0.25) is 24.5 Å². The van der Waals surface area contributed by atoms with Crippen molar-refractivity contribution in [3.63, 3.8) is 0 Å². The second kappa shape index (κ2) is 9.54. The number of piperidine rings is 1. The number of hydrogen-bond acceptors (Lipinski definition) is 4. The Bertz CT molecular complexity index is 950. The van der Waals surface area contributed by atoms with Gasteiger partial charge in [0.25, 0.3) is 11.8 Å². The van der Waals surface area contributed by atoms with E-state index in [1.54, 1.807) is 42.5 Å². The normalized spacial score (nSPS) is 21.0. The molecule has 156 valence electrons. The SMILES string of the molecule is C=C/C(=C\C=C1/CCN(C2CCC(=O)NC2=O)C1=O)CNC(=O)c1ccc(Cl)cc1. The van der Waals surface area contributed by atoms with E-state index in [0.29, 0.717) is 35.5 Å². The fraction of sp³-hybridized carbons (Fsp3) is 0.273. The van der Waals surface area contributed by atoms with E-state index in [2.05, 4.69) is 17.2 Å². The lowest BCUT2D eigenvalue weighted by Gasteiger charge is -2.29. The van der Waals surface area contributed by atoms with Crippen molar-refractivity contribution >= 4 is 35.2 Å². The lowest BCUT2D eigenvalue weighted by molar-refractivity contribution is -0.142. The van der Waals surface area contributed by atoms with Crippen LogP contribution in [0.3, 0.4) is 0 Å². The molecule has 2 aliphatic rings. The van der Waals surface area contributed by atoms with E-state index >= 15 is 0 Å². The lowest BCUT2D eigenvalue weighted by Crippen LogP contribution is -2.52. The predicted octanol–water partition coefficient (Wildman–Crippen LogP) is 2.15. The number of benzene rings is 1. The van der Waals surface area contributed by atoms with Crippen LogP contribution in [-0.2, 0) is 14.4 Å². The first-order valence-electron chi connectivity index (χ1n) is 9.59. The van der Waals surface area contributed by atoms with Gasteiger partial charge in [0.05, 0.1) is 0 Å². The Morgan fingerprint density at radius 3 is 2.63 bits per heavy atom. The van der Waals surface area contributed by atoms with Gasteiger partial charge in [-0.2, -0.15) is 0 Å². The maximum absolute atomic E-state index is 12.7. The van der Waals surface area contributed by atoms with Gasteiger partial charge in [-0.05, 0) is 42.7 Å². The molecule has 1 aromatic rings. The summed E-state index contributed by atoms with van der Waals surface area (Å²) in [6, 6.07) is 5.95. The first-order valence-corrected chi connectivity index (χ1v) is 9.97. The minimum absolute atomic E-state index is 0.214. The Labute approximate surface area is 179 Å². The Morgan fingerprint density at radius 1 is 1.23 bits per heavy atom. The summed E-state index contributed by atoms with van der Waals surface area (Å²) in [4.78, 5) is 49.7. The van der Waals surface area contributed by atoms with Crippen LogP contribution < -0.4 is 10.6 Å². The van der Waals surface area contributed by atoms with Crippen LogP contribution in [0.1, 0.15) is 29.6 Å². The number of rotatable bonds is 6. The quantitative estimate of drug-likeness (QED) is 0.413. The molecule has 2 aliphatic heterocycles. The molecule has 0 bridgehead atoms. The van der Waals surface area contributed by atoms with Crippen LogP contribution in [0.4, 0.5) is 0 Å². The van der Waals surface area contributed by atoms with Crippen LogP contribution in [0, 0.1) is 0 Å². The van der Waals surface area contributed by atoms with E-state index in [0.717, 1.165) is 5.57 Å². The Kier molecular flexibility index (Phi) is 6.84. The molecule has 2 N–H and O–H groups in total. The van der Waals surface area contributed by atoms with Gasteiger partial charge in [-0.15, -0.1) is 0 Å². The van der Waals surface area contributed by atoms with Gasteiger partial charge in [0.2, 0.25) is 11.8 Å². The minimum atomic E-state index is -0.609. The number of carbonyl (C=O) groups excluding carboxylic acids is 4. The molecular formula is C22H22ClN3O4. The zero-order chi connectivity index (χ0) is 21.7. The molecule has 2 fully saturated rings. The number of nitrogens with one attached hydrogen (secondary N) is 2. The molecule has 8 heteroatoms. The summed E-state index contributed by atoms with van der Waals surface area (Å²) in [5.74, 6) is -1.19. The van der Waals surface area contributed by atoms with Crippen molar-refractivity contribution in [2.24, 2.45) is 0 Å². The monoisotopic (exact) mass is 427 g/mol. The van der Waals surface area contributed by atoms with Crippen molar-refractivity contribution < 1.29 is 19.2 Å². The standard InChI is InChI=1S/C22H22ClN3O4/c1-2-14(13-24-20(28)15-5-7-17(23)8-6-15)3-4-16-11-12-26(22(16)30)18-9-10-19(27)25-21(18)29/h2-8,18H,1,9-13H2,(H,24,28)(H,25,27,29)/b14-3+,16-4+. The lowest BCUT2D eigenvalue weighted by atomic mass is 10.0. The van der Waals surface area contributed by atoms with Gasteiger partial charge in [0, 0.05) is 35.7 Å². The number of imide groups is 1. The van der Waals surface area contributed by atoms with Gasteiger partial charge in [-0.25, -0.2) is 0 Å². The van der Waals surface area contributed by atoms with Crippen molar-refractivity contribution in [1.29, 1.82) is 0 Å². The van der Waals surface area contributed by atoms with E-state index in [1.165, 1.54) is 4.90 Å². The topological polar surface area (TPSA) is 95.6 Å². The number of halogens is 1. The number of carbonyl (C=O) groups is 4. The second-order valence-corrected chi connectivity index (χ2v) is 7.48. The van der Waals surface area contributed by atoms with Crippen molar-refractivity contribution in [2.45, 2.75) is 25.3 Å². The van der Waals surface area contributed by atoms with Gasteiger partial charge in [0.15, 0.2) is 0 Å². The molecule has 0 aromatic heterocycles. The van der Waals surface area contributed by atoms with Crippen LogP contribution in [-0.4, -0.2) is 47.7 Å². The molecule has 1 aromatic carbocycles.